The minimum Gasteiger partial charge on any atom is -0.778 e. The summed E-state index contributed by atoms with van der Waals surface area (Å²) in [6.45, 7) is -3.67. The predicted octanol–water partition coefficient (Wildman–Crippen LogP) is 6.88. The van der Waals surface area contributed by atoms with Gasteiger partial charge in [0, 0.05) is 18.7 Å². The van der Waals surface area contributed by atoms with Gasteiger partial charge in [-0.3, -0.25) is 24.8 Å². The number of sulfonamides is 1. The van der Waals surface area contributed by atoms with Crippen LogP contribution in [0.5, 0.6) is 29.0 Å². The number of amides is 2. The monoisotopic (exact) mass is 1430 g/mol. The maximum absolute atomic E-state index is 13.1. The number of carboxylic acids is 3. The first kappa shape index (κ1) is 80.4. The van der Waals surface area contributed by atoms with Crippen molar-refractivity contribution in [2.75, 3.05) is 51.1 Å². The maximum Gasteiger partial charge on any atom is 0.431 e. The van der Waals surface area contributed by atoms with Crippen LogP contribution in [0, 0.1) is 0 Å². The third-order valence-corrected chi connectivity index (χ3v) is 13.1. The van der Waals surface area contributed by atoms with Gasteiger partial charge in [0.15, 0.2) is 11.9 Å². The zero-order valence-corrected chi connectivity index (χ0v) is 53.4. The van der Waals surface area contributed by atoms with Crippen LogP contribution in [0.3, 0.4) is 0 Å². The number of esters is 1. The number of benzene rings is 4. The standard InChI is InChI=1S/C25H25F3N2O6.C14H10F4N4O7S.C8H6Cl2O3.C3H8NO5P.C3H9S/c1-5-16-6-7-17(20(12-16)36-15(2)23(32)34-4)14-35-19-10-8-18(9-11-19)30-22(31)13-21(25(26,27)28)29(3)24(30)33;15-11(16)28-8-5-9(29-12(17)18)20-13(19-8)21-14(25)22-30(26,27)7-4-2-1-3-6(7)10(23)24;1-13-7-5(10)3-2-4(9)6(7)8(11)12;5-3(6)1-4-2-10(7,8)9;1-4(2)3/h6-13,15H,5,14H2,1-4H3;1-5,11-12H,(H,23,24)(H2,19,20,21,22,25);2-3H,1H3,(H,11,12);4H,1-2H2,(H,5,6)(H2,7,8,9);1-3H3/q;;;;+1/p-1. The van der Waals surface area contributed by atoms with Gasteiger partial charge in [0.2, 0.25) is 17.7 Å². The maximum atomic E-state index is 13.1. The van der Waals surface area contributed by atoms with Crippen LogP contribution >= 0.6 is 30.8 Å². The summed E-state index contributed by atoms with van der Waals surface area (Å²) in [4.78, 5) is 104. The molecule has 6 aromatic rings. The van der Waals surface area contributed by atoms with Gasteiger partial charge in [-0.15, -0.1) is 0 Å². The molecule has 0 bridgehead atoms. The molecule has 0 aliphatic heterocycles. The van der Waals surface area contributed by atoms with E-state index in [0.717, 1.165) is 31.2 Å². The van der Waals surface area contributed by atoms with Crippen molar-refractivity contribution in [3.05, 3.63) is 150 Å². The average molecular weight is 1430 g/mol. The zero-order valence-electron chi connectivity index (χ0n) is 49.4. The molecule has 40 heteroatoms. The number of nitrogens with zero attached hydrogens (tertiary/aromatic N) is 4. The lowest BCUT2D eigenvalue weighted by atomic mass is 10.1. The van der Waals surface area contributed by atoms with E-state index >= 15 is 0 Å². The third kappa shape index (κ3) is 27.6. The molecule has 93 heavy (non-hydrogen) atoms. The van der Waals surface area contributed by atoms with E-state index in [4.69, 9.17) is 62.4 Å². The molecule has 2 amide bonds. The van der Waals surface area contributed by atoms with E-state index in [0.29, 0.717) is 49.2 Å². The minimum atomic E-state index is -4.84. The second-order valence-electron chi connectivity index (χ2n) is 18.0. The minimum absolute atomic E-state index is 0.0779. The van der Waals surface area contributed by atoms with Crippen LogP contribution in [0.15, 0.2) is 105 Å². The number of aromatic carboxylic acids is 2. The number of hydrogen-bond donors (Lipinski definition) is 7. The first-order chi connectivity index (χ1) is 43.2. The number of urea groups is 1. The normalized spacial score (nSPS) is 11.8. The lowest BCUT2D eigenvalue weighted by Crippen LogP contribution is -2.40. The molecule has 28 nitrogen and oxygen atoms in total. The summed E-state index contributed by atoms with van der Waals surface area (Å²) in [7, 11) is -4.87. The van der Waals surface area contributed by atoms with Crippen LogP contribution in [0.25, 0.3) is 5.69 Å². The summed E-state index contributed by atoms with van der Waals surface area (Å²) in [5.74, 6) is -6.39. The molecule has 6 rings (SSSR count). The molecule has 0 saturated heterocycles. The summed E-state index contributed by atoms with van der Waals surface area (Å²) in [6.07, 6.45) is 0.967. The van der Waals surface area contributed by atoms with E-state index in [1.54, 1.807) is 12.2 Å². The zero-order chi connectivity index (χ0) is 70.9. The third-order valence-electron chi connectivity index (χ3n) is 10.5. The first-order valence-corrected chi connectivity index (χ1v) is 31.8. The number of methoxy groups -OCH3 is 2. The fourth-order valence-electron chi connectivity index (χ4n) is 6.62. The van der Waals surface area contributed by atoms with Crippen molar-refractivity contribution in [1.82, 2.24) is 29.1 Å². The van der Waals surface area contributed by atoms with Gasteiger partial charge in [-0.1, -0.05) is 54.4 Å². The fourth-order valence-corrected chi connectivity index (χ4v) is 8.59. The summed E-state index contributed by atoms with van der Waals surface area (Å²) < 4.78 is 154. The van der Waals surface area contributed by atoms with E-state index in [9.17, 15) is 82.2 Å². The van der Waals surface area contributed by atoms with Crippen LogP contribution in [-0.2, 0) is 66.1 Å². The number of carbonyl (C=O) groups excluding carboxylic acids is 2. The Morgan fingerprint density at radius 3 is 1.85 bits per heavy atom. The van der Waals surface area contributed by atoms with E-state index in [-0.39, 0.29) is 33.7 Å². The number of carbonyl (C=O) groups is 5. The first-order valence-electron chi connectivity index (χ1n) is 25.3. The largest absolute Gasteiger partial charge is 0.778 e. The van der Waals surface area contributed by atoms with Crippen LogP contribution in [0.1, 0.15) is 51.4 Å². The van der Waals surface area contributed by atoms with Crippen molar-refractivity contribution >= 4 is 87.6 Å². The van der Waals surface area contributed by atoms with Crippen molar-refractivity contribution < 1.29 is 121 Å². The van der Waals surface area contributed by atoms with E-state index < -0.39 is 131 Å². The Morgan fingerprint density at radius 1 is 0.817 bits per heavy atom. The van der Waals surface area contributed by atoms with Gasteiger partial charge in [0.1, 0.15) is 41.9 Å². The van der Waals surface area contributed by atoms with Gasteiger partial charge >= 0.3 is 55.0 Å². The Hall–Kier alpha value is -8.71. The highest BCUT2D eigenvalue weighted by Gasteiger charge is 2.35. The molecule has 0 spiro atoms. The Balaban J connectivity index is 0.000000459. The number of ether oxygens (including phenoxy) is 6. The Morgan fingerprint density at radius 2 is 1.38 bits per heavy atom. The molecule has 0 aliphatic carbocycles. The van der Waals surface area contributed by atoms with Crippen LogP contribution in [0.2, 0.25) is 10.0 Å². The van der Waals surface area contributed by atoms with Gasteiger partial charge in [-0.05, 0) is 84.4 Å². The molecule has 2 atom stereocenters. The molecule has 7 N–H and O–H groups in total. The van der Waals surface area contributed by atoms with Gasteiger partial charge in [0.05, 0.1) is 73.2 Å². The Bertz CT molecular complexity index is 3820. The molecule has 2 unspecified atom stereocenters. The molecule has 510 valence electrons. The Kier molecular flexibility index (Phi) is 32.1. The molecule has 2 aromatic heterocycles. The lowest BCUT2D eigenvalue weighted by molar-refractivity contribution is -0.193. The highest BCUT2D eigenvalue weighted by atomic mass is 35.5. The van der Waals surface area contributed by atoms with E-state index in [2.05, 4.69) is 38.2 Å². The number of aryl methyl sites for hydroxylation is 1. The topological polar surface area (TPSA) is 402 Å². The summed E-state index contributed by atoms with van der Waals surface area (Å²) in [5.41, 5.74) is -2.56. The highest BCUT2D eigenvalue weighted by molar-refractivity contribution is 7.94. The van der Waals surface area contributed by atoms with E-state index in [1.807, 2.05) is 30.4 Å². The number of alkyl halides is 7. The molecule has 4 aromatic carbocycles. The summed E-state index contributed by atoms with van der Waals surface area (Å²) in [6, 6.07) is 17.8. The quantitative estimate of drug-likeness (QED) is 0.0157. The Labute approximate surface area is 535 Å². The molecule has 0 radical (unpaired) electrons. The van der Waals surface area contributed by atoms with Gasteiger partial charge in [0.25, 0.3) is 15.6 Å². The second-order valence-corrected chi connectivity index (χ2v) is 24.5. The molecule has 0 fully saturated rings. The van der Waals surface area contributed by atoms with Crippen LogP contribution in [-0.4, -0.2) is 143 Å². The number of halogens is 9. The number of anilines is 1. The molecule has 0 saturated carbocycles. The van der Waals surface area contributed by atoms with Crippen molar-refractivity contribution in [3.63, 3.8) is 0 Å². The van der Waals surface area contributed by atoms with E-state index in [1.165, 1.54) is 67.5 Å². The van der Waals surface area contributed by atoms with Crippen LogP contribution < -0.4 is 55.2 Å². The number of carboxylic acid groups (broad SMARTS) is 3. The summed E-state index contributed by atoms with van der Waals surface area (Å²) >= 11 is 11.4. The fraction of sp³-hybridized carbons (Fsp3) is 0.302. The van der Waals surface area contributed by atoms with Gasteiger partial charge < -0.3 is 58.1 Å². The molecule has 0 aliphatic rings. The number of nitrogens with one attached hydrogen (secondary N) is 3. The van der Waals surface area contributed by atoms with Crippen LogP contribution in [0.4, 0.5) is 41.5 Å². The second kappa shape index (κ2) is 37.1. The summed E-state index contributed by atoms with van der Waals surface area (Å²) in [5, 5.41) is 29.8. The van der Waals surface area contributed by atoms with Gasteiger partial charge in [-0.2, -0.15) is 40.7 Å². The lowest BCUT2D eigenvalue weighted by Gasteiger charge is -2.17. The number of hydrogen-bond acceptors (Lipinski definition) is 20. The number of aromatic nitrogens is 4. The highest BCUT2D eigenvalue weighted by Crippen LogP contribution is 2.34. The van der Waals surface area contributed by atoms with Gasteiger partial charge in [-0.25, -0.2) is 41.7 Å². The number of rotatable bonds is 22. The average Bonchev–Trinajstić information content (AvgIpc) is 0.791. The SMILES string of the molecule is CCc1ccc(COc2ccc(-n3c(=O)cc(C(F)(F)F)n(C)c3=O)cc2)c(OC(C)C(=O)OC)c1.COc1c(Cl)ccc(Cl)c1C(=O)O.C[S+](C)C.O=C(Nc1nc(OC(F)F)cc(OC(F)F)n1)NS(=O)(=O)c1ccccc1C(=O)O.O=C(O)CNCP(=O)([O-])O. The smallest absolute Gasteiger partial charge is 0.431 e. The van der Waals surface area contributed by atoms with Crippen molar-refractivity contribution in [3.8, 4) is 34.7 Å². The molecular weight excluding hydrogens is 1370 g/mol. The van der Waals surface area contributed by atoms with Crippen molar-refractivity contribution in [2.24, 2.45) is 7.05 Å². The van der Waals surface area contributed by atoms with Crippen molar-refractivity contribution in [2.45, 2.75) is 57.3 Å². The molecular formula is C53H57Cl2F7N7O21PS2. The molecule has 2 heterocycles. The van der Waals surface area contributed by atoms with Crippen molar-refractivity contribution in [1.29, 1.82) is 0 Å². The predicted molar refractivity (Wildman–Crippen MR) is 318 cm³/mol. The number of aliphatic carboxylic acids is 1.